The summed E-state index contributed by atoms with van der Waals surface area (Å²) in [6, 6.07) is 15.5. The summed E-state index contributed by atoms with van der Waals surface area (Å²) < 4.78 is 8.71. The molecule has 0 bridgehead atoms. The van der Waals surface area contributed by atoms with E-state index in [1.807, 2.05) is 60.1 Å². The van der Waals surface area contributed by atoms with Gasteiger partial charge in [-0.3, -0.25) is 0 Å². The maximum atomic E-state index is 6.18. The lowest BCUT2D eigenvalue weighted by Crippen LogP contribution is -2.04. The Morgan fingerprint density at radius 3 is 2.62 bits per heavy atom. The molecule has 0 radical (unpaired) electrons. The molecule has 0 aliphatic heterocycles. The Labute approximate surface area is 158 Å². The molecule has 1 heterocycles. The first-order valence-corrected chi connectivity index (χ1v) is 9.42. The smallest absolute Gasteiger partial charge is 0.191 e. The Morgan fingerprint density at radius 2 is 1.88 bits per heavy atom. The minimum absolute atomic E-state index is 0.373. The van der Waals surface area contributed by atoms with Gasteiger partial charge in [-0.05, 0) is 35.9 Å². The number of hydrogen-bond acceptors (Lipinski definition) is 4. The standard InChI is InChI=1S/C17H15BrClN3OS/c1-22-16(10-23-14-8-6-13(18)7-9-14)20-21-17(22)24-11-12-4-2-3-5-15(12)19/h2-9H,10-11H2,1H3. The predicted molar refractivity (Wildman–Crippen MR) is 100 cm³/mol. The van der Waals surface area contributed by atoms with E-state index in [0.717, 1.165) is 37.5 Å². The van der Waals surface area contributed by atoms with Gasteiger partial charge in [-0.25, -0.2) is 0 Å². The Morgan fingerprint density at radius 1 is 1.12 bits per heavy atom. The molecule has 3 aromatic rings. The molecule has 0 fully saturated rings. The Bertz CT molecular complexity index is 823. The SMILES string of the molecule is Cn1c(COc2ccc(Br)cc2)nnc1SCc1ccccc1Cl. The van der Waals surface area contributed by atoms with Gasteiger partial charge < -0.3 is 9.30 Å². The van der Waals surface area contributed by atoms with Crippen molar-refractivity contribution in [1.82, 2.24) is 14.8 Å². The van der Waals surface area contributed by atoms with Gasteiger partial charge in [0.15, 0.2) is 11.0 Å². The normalized spacial score (nSPS) is 10.8. The zero-order chi connectivity index (χ0) is 16.9. The van der Waals surface area contributed by atoms with Crippen LogP contribution < -0.4 is 4.74 Å². The zero-order valence-corrected chi connectivity index (χ0v) is 16.1. The third-order valence-corrected chi connectivity index (χ3v) is 5.39. The summed E-state index contributed by atoms with van der Waals surface area (Å²) in [6.45, 7) is 0.373. The van der Waals surface area contributed by atoms with Crippen LogP contribution in [0.5, 0.6) is 5.75 Å². The van der Waals surface area contributed by atoms with Crippen molar-refractivity contribution < 1.29 is 4.74 Å². The van der Waals surface area contributed by atoms with E-state index in [9.17, 15) is 0 Å². The molecule has 0 N–H and O–H groups in total. The summed E-state index contributed by atoms with van der Waals surface area (Å²) in [5.41, 5.74) is 1.08. The molecule has 0 unspecified atom stereocenters. The van der Waals surface area contributed by atoms with E-state index < -0.39 is 0 Å². The van der Waals surface area contributed by atoms with Gasteiger partial charge in [-0.15, -0.1) is 10.2 Å². The molecule has 0 atom stereocenters. The molecule has 1 aromatic heterocycles. The van der Waals surface area contributed by atoms with E-state index in [4.69, 9.17) is 16.3 Å². The van der Waals surface area contributed by atoms with Crippen molar-refractivity contribution in [1.29, 1.82) is 0 Å². The number of hydrogen-bond donors (Lipinski definition) is 0. The summed E-state index contributed by atoms with van der Waals surface area (Å²) in [5, 5.41) is 10.0. The van der Waals surface area contributed by atoms with Gasteiger partial charge in [-0.1, -0.05) is 57.5 Å². The number of nitrogens with zero attached hydrogens (tertiary/aromatic N) is 3. The quantitative estimate of drug-likeness (QED) is 0.516. The third kappa shape index (κ3) is 4.32. The Hall–Kier alpha value is -1.50. The lowest BCUT2D eigenvalue weighted by atomic mass is 10.2. The van der Waals surface area contributed by atoms with E-state index in [-0.39, 0.29) is 0 Å². The molecule has 0 saturated heterocycles. The number of ether oxygens (including phenoxy) is 1. The van der Waals surface area contributed by atoms with E-state index in [2.05, 4.69) is 26.1 Å². The fourth-order valence-corrected chi connectivity index (χ4v) is 3.51. The number of halogens is 2. The fourth-order valence-electron chi connectivity index (χ4n) is 2.03. The summed E-state index contributed by atoms with van der Waals surface area (Å²) in [6.07, 6.45) is 0. The molecule has 4 nitrogen and oxygen atoms in total. The zero-order valence-electron chi connectivity index (χ0n) is 12.9. The van der Waals surface area contributed by atoms with Crippen LogP contribution in [0.4, 0.5) is 0 Å². The first-order chi connectivity index (χ1) is 11.6. The summed E-state index contributed by atoms with van der Waals surface area (Å²) in [7, 11) is 1.94. The van der Waals surface area contributed by atoms with Gasteiger partial charge in [0, 0.05) is 22.3 Å². The number of thioether (sulfide) groups is 1. The van der Waals surface area contributed by atoms with Gasteiger partial charge in [-0.2, -0.15) is 0 Å². The molecular weight excluding hydrogens is 410 g/mol. The van der Waals surface area contributed by atoms with Crippen LogP contribution in [0.3, 0.4) is 0 Å². The van der Waals surface area contributed by atoms with E-state index in [1.165, 1.54) is 0 Å². The number of benzene rings is 2. The van der Waals surface area contributed by atoms with Crippen LogP contribution in [-0.2, 0) is 19.4 Å². The molecule has 24 heavy (non-hydrogen) atoms. The highest BCUT2D eigenvalue weighted by atomic mass is 79.9. The van der Waals surface area contributed by atoms with Crippen molar-refractivity contribution >= 4 is 39.3 Å². The van der Waals surface area contributed by atoms with Crippen LogP contribution in [0.15, 0.2) is 58.2 Å². The fraction of sp³-hybridized carbons (Fsp3) is 0.176. The van der Waals surface area contributed by atoms with Crippen LogP contribution in [0.25, 0.3) is 0 Å². The molecule has 3 rings (SSSR count). The topological polar surface area (TPSA) is 39.9 Å². The average molecular weight is 425 g/mol. The first kappa shape index (κ1) is 17.3. The molecule has 124 valence electrons. The average Bonchev–Trinajstić information content (AvgIpc) is 2.94. The second kappa shape index (κ2) is 8.05. The number of aromatic nitrogens is 3. The van der Waals surface area contributed by atoms with Crippen LogP contribution in [0, 0.1) is 0 Å². The van der Waals surface area contributed by atoms with Crippen molar-refractivity contribution in [2.24, 2.45) is 7.05 Å². The van der Waals surface area contributed by atoms with Crippen molar-refractivity contribution in [3.8, 4) is 5.75 Å². The third-order valence-electron chi connectivity index (χ3n) is 3.42. The van der Waals surface area contributed by atoms with Gasteiger partial charge in [0.05, 0.1) is 0 Å². The van der Waals surface area contributed by atoms with Gasteiger partial charge >= 0.3 is 0 Å². The van der Waals surface area contributed by atoms with Crippen LogP contribution in [0.1, 0.15) is 11.4 Å². The Balaban J connectivity index is 1.61. The highest BCUT2D eigenvalue weighted by Gasteiger charge is 2.11. The van der Waals surface area contributed by atoms with Crippen molar-refractivity contribution in [2.75, 3.05) is 0 Å². The van der Waals surface area contributed by atoms with E-state index >= 15 is 0 Å². The van der Waals surface area contributed by atoms with Crippen molar-refractivity contribution in [2.45, 2.75) is 17.5 Å². The summed E-state index contributed by atoms with van der Waals surface area (Å²) >= 11 is 11.2. The molecular formula is C17H15BrClN3OS. The highest BCUT2D eigenvalue weighted by Crippen LogP contribution is 2.25. The number of rotatable bonds is 6. The van der Waals surface area contributed by atoms with Gasteiger partial charge in [0.2, 0.25) is 0 Å². The van der Waals surface area contributed by atoms with Crippen LogP contribution in [0.2, 0.25) is 5.02 Å². The predicted octanol–water partition coefficient (Wildman–Crippen LogP) is 5.10. The van der Waals surface area contributed by atoms with Crippen molar-refractivity contribution in [3.05, 3.63) is 69.4 Å². The molecule has 0 spiro atoms. The Kier molecular flexibility index (Phi) is 5.81. The van der Waals surface area contributed by atoms with Gasteiger partial charge in [0.25, 0.3) is 0 Å². The molecule has 0 amide bonds. The molecule has 0 aliphatic rings. The lowest BCUT2D eigenvalue weighted by Gasteiger charge is -2.07. The molecule has 0 aliphatic carbocycles. The monoisotopic (exact) mass is 423 g/mol. The second-order valence-electron chi connectivity index (χ2n) is 5.08. The maximum absolute atomic E-state index is 6.18. The van der Waals surface area contributed by atoms with Gasteiger partial charge in [0.1, 0.15) is 12.4 Å². The molecule has 0 saturated carbocycles. The maximum Gasteiger partial charge on any atom is 0.191 e. The highest BCUT2D eigenvalue weighted by molar-refractivity contribution is 9.10. The molecule has 7 heteroatoms. The summed E-state index contributed by atoms with van der Waals surface area (Å²) in [5.74, 6) is 2.32. The second-order valence-corrected chi connectivity index (χ2v) is 7.35. The lowest BCUT2D eigenvalue weighted by molar-refractivity contribution is 0.290. The van der Waals surface area contributed by atoms with Crippen molar-refractivity contribution in [3.63, 3.8) is 0 Å². The molecule has 2 aromatic carbocycles. The van der Waals surface area contributed by atoms with E-state index in [1.54, 1.807) is 11.8 Å². The minimum Gasteiger partial charge on any atom is -0.486 e. The minimum atomic E-state index is 0.373. The summed E-state index contributed by atoms with van der Waals surface area (Å²) in [4.78, 5) is 0. The van der Waals surface area contributed by atoms with E-state index in [0.29, 0.717) is 6.61 Å². The largest absolute Gasteiger partial charge is 0.486 e. The van der Waals surface area contributed by atoms with Crippen LogP contribution in [-0.4, -0.2) is 14.8 Å². The van der Waals surface area contributed by atoms with Crippen LogP contribution >= 0.6 is 39.3 Å². The first-order valence-electron chi connectivity index (χ1n) is 7.26.